The van der Waals surface area contributed by atoms with E-state index in [9.17, 15) is 10.1 Å². The van der Waals surface area contributed by atoms with Crippen molar-refractivity contribution in [3.05, 3.63) is 63.9 Å². The number of aryl methyl sites for hydroxylation is 3. The van der Waals surface area contributed by atoms with Crippen LogP contribution in [0.4, 0.5) is 5.13 Å². The quantitative estimate of drug-likeness (QED) is 0.537. The maximum absolute atomic E-state index is 12.5. The lowest BCUT2D eigenvalue weighted by molar-refractivity contribution is -0.112. The van der Waals surface area contributed by atoms with Gasteiger partial charge in [-0.05, 0) is 55.7 Å². The molecule has 1 aromatic carbocycles. The number of rotatable bonds is 5. The van der Waals surface area contributed by atoms with E-state index in [1.165, 1.54) is 11.3 Å². The lowest BCUT2D eigenvalue weighted by atomic mass is 10.1. The molecule has 7 heteroatoms. The molecule has 1 amide bonds. The van der Waals surface area contributed by atoms with E-state index in [0.29, 0.717) is 5.13 Å². The maximum Gasteiger partial charge on any atom is 0.268 e. The normalized spacial score (nSPS) is 11.3. The van der Waals surface area contributed by atoms with Crippen LogP contribution >= 0.6 is 11.3 Å². The van der Waals surface area contributed by atoms with Gasteiger partial charge in [0.05, 0.1) is 0 Å². The van der Waals surface area contributed by atoms with Gasteiger partial charge in [-0.25, -0.2) is 0 Å². The standard InChI is InChI=1S/C20H19N5OS/c1-4-18-23-24-20(27-18)22-19(26)15(12-21)11-16-6-5-9-25(16)17-10-13(2)7-8-14(17)3/h5-11H,4H2,1-3H3,(H,22,24,26). The van der Waals surface area contributed by atoms with Crippen molar-refractivity contribution in [2.24, 2.45) is 0 Å². The minimum Gasteiger partial charge on any atom is -0.317 e. The van der Waals surface area contributed by atoms with E-state index >= 15 is 0 Å². The van der Waals surface area contributed by atoms with Crippen molar-refractivity contribution in [3.8, 4) is 11.8 Å². The minimum atomic E-state index is -0.495. The molecule has 3 aromatic rings. The first-order chi connectivity index (χ1) is 13.0. The van der Waals surface area contributed by atoms with E-state index in [1.54, 1.807) is 6.08 Å². The molecule has 0 aliphatic rings. The predicted octanol–water partition coefficient (Wildman–Crippen LogP) is 4.05. The Hall–Kier alpha value is -3.24. The number of hydrogen-bond acceptors (Lipinski definition) is 5. The molecule has 0 fully saturated rings. The molecule has 2 heterocycles. The first-order valence-electron chi connectivity index (χ1n) is 8.52. The van der Waals surface area contributed by atoms with Gasteiger partial charge in [-0.2, -0.15) is 5.26 Å². The predicted molar refractivity (Wildman–Crippen MR) is 107 cm³/mol. The van der Waals surface area contributed by atoms with Crippen molar-refractivity contribution in [2.75, 3.05) is 5.32 Å². The van der Waals surface area contributed by atoms with Crippen LogP contribution in [0.25, 0.3) is 11.8 Å². The van der Waals surface area contributed by atoms with Crippen molar-refractivity contribution in [1.29, 1.82) is 5.26 Å². The molecule has 6 nitrogen and oxygen atoms in total. The molecule has 0 radical (unpaired) electrons. The average molecular weight is 377 g/mol. The summed E-state index contributed by atoms with van der Waals surface area (Å²) in [6.45, 7) is 6.03. The van der Waals surface area contributed by atoms with Crippen molar-refractivity contribution in [3.63, 3.8) is 0 Å². The number of amides is 1. The highest BCUT2D eigenvalue weighted by Crippen LogP contribution is 2.21. The summed E-state index contributed by atoms with van der Waals surface area (Å²) in [4.78, 5) is 12.5. The molecule has 0 spiro atoms. The Bertz CT molecular complexity index is 1050. The van der Waals surface area contributed by atoms with E-state index < -0.39 is 5.91 Å². The zero-order valence-electron chi connectivity index (χ0n) is 15.4. The Morgan fingerprint density at radius 2 is 2.15 bits per heavy atom. The van der Waals surface area contributed by atoms with Gasteiger partial charge in [0, 0.05) is 17.6 Å². The Morgan fingerprint density at radius 1 is 1.33 bits per heavy atom. The number of nitrogens with one attached hydrogen (secondary N) is 1. The van der Waals surface area contributed by atoms with Gasteiger partial charge >= 0.3 is 0 Å². The summed E-state index contributed by atoms with van der Waals surface area (Å²) in [5, 5.41) is 21.2. The Labute approximate surface area is 161 Å². The van der Waals surface area contributed by atoms with E-state index in [0.717, 1.165) is 33.9 Å². The lowest BCUT2D eigenvalue weighted by Gasteiger charge is -2.11. The maximum atomic E-state index is 12.5. The Morgan fingerprint density at radius 3 is 2.85 bits per heavy atom. The topological polar surface area (TPSA) is 83.6 Å². The van der Waals surface area contributed by atoms with Crippen LogP contribution in [0, 0.1) is 25.2 Å². The van der Waals surface area contributed by atoms with Gasteiger partial charge in [-0.15, -0.1) is 10.2 Å². The molecular weight excluding hydrogens is 358 g/mol. The minimum absolute atomic E-state index is 0.00787. The van der Waals surface area contributed by atoms with Crippen LogP contribution in [0.15, 0.2) is 42.1 Å². The number of nitrogens with zero attached hydrogens (tertiary/aromatic N) is 4. The summed E-state index contributed by atoms with van der Waals surface area (Å²) in [5.74, 6) is -0.495. The fraction of sp³-hybridized carbons (Fsp3) is 0.200. The van der Waals surface area contributed by atoms with Crippen LogP contribution in [0.5, 0.6) is 0 Å². The number of hydrogen-bond donors (Lipinski definition) is 1. The summed E-state index contributed by atoms with van der Waals surface area (Å²) >= 11 is 1.30. The molecule has 0 bridgehead atoms. The SMILES string of the molecule is CCc1nnc(NC(=O)C(C#N)=Cc2cccn2-c2cc(C)ccc2C)s1. The first kappa shape index (κ1) is 18.5. The van der Waals surface area contributed by atoms with Gasteiger partial charge in [0.1, 0.15) is 16.6 Å². The van der Waals surface area contributed by atoms with Crippen LogP contribution in [-0.2, 0) is 11.2 Å². The second-order valence-electron chi connectivity index (χ2n) is 6.07. The van der Waals surface area contributed by atoms with E-state index in [2.05, 4.69) is 33.7 Å². The van der Waals surface area contributed by atoms with Gasteiger partial charge in [-0.3, -0.25) is 10.1 Å². The fourth-order valence-corrected chi connectivity index (χ4v) is 3.29. The first-order valence-corrected chi connectivity index (χ1v) is 9.34. The van der Waals surface area contributed by atoms with Crippen LogP contribution in [-0.4, -0.2) is 20.7 Å². The molecule has 0 saturated carbocycles. The summed E-state index contributed by atoms with van der Waals surface area (Å²) in [6, 6.07) is 11.9. The van der Waals surface area contributed by atoms with Gasteiger partial charge in [-0.1, -0.05) is 30.4 Å². The third-order valence-corrected chi connectivity index (χ3v) is 5.03. The number of nitriles is 1. The third-order valence-electron chi connectivity index (χ3n) is 4.05. The molecule has 136 valence electrons. The van der Waals surface area contributed by atoms with Gasteiger partial charge < -0.3 is 4.57 Å². The van der Waals surface area contributed by atoms with Crippen molar-refractivity contribution in [2.45, 2.75) is 27.2 Å². The summed E-state index contributed by atoms with van der Waals surface area (Å²) in [7, 11) is 0. The summed E-state index contributed by atoms with van der Waals surface area (Å²) in [6.07, 6.45) is 4.25. The van der Waals surface area contributed by atoms with Crippen molar-refractivity contribution < 1.29 is 4.79 Å². The lowest BCUT2D eigenvalue weighted by Crippen LogP contribution is -2.13. The van der Waals surface area contributed by atoms with Crippen LogP contribution in [0.1, 0.15) is 28.8 Å². The molecular formula is C20H19N5OS. The monoisotopic (exact) mass is 377 g/mol. The molecule has 27 heavy (non-hydrogen) atoms. The molecule has 0 atom stereocenters. The molecule has 0 aliphatic heterocycles. The molecule has 0 saturated heterocycles. The Kier molecular flexibility index (Phi) is 5.48. The number of carbonyl (C=O) groups is 1. The highest BCUT2D eigenvalue weighted by molar-refractivity contribution is 7.15. The summed E-state index contributed by atoms with van der Waals surface area (Å²) in [5.41, 5.74) is 4.02. The number of benzene rings is 1. The van der Waals surface area contributed by atoms with Gasteiger partial charge in [0.25, 0.3) is 5.91 Å². The highest BCUT2D eigenvalue weighted by Gasteiger charge is 2.14. The zero-order valence-corrected chi connectivity index (χ0v) is 16.2. The molecule has 0 unspecified atom stereocenters. The number of anilines is 1. The second kappa shape index (κ2) is 7.98. The van der Waals surface area contributed by atoms with Crippen LogP contribution in [0.3, 0.4) is 0 Å². The van der Waals surface area contributed by atoms with E-state index in [-0.39, 0.29) is 5.57 Å². The average Bonchev–Trinajstić information content (AvgIpc) is 3.30. The zero-order chi connectivity index (χ0) is 19.4. The van der Waals surface area contributed by atoms with E-state index in [4.69, 9.17) is 0 Å². The third kappa shape index (κ3) is 4.13. The number of aromatic nitrogens is 3. The number of carbonyl (C=O) groups excluding carboxylic acids is 1. The summed E-state index contributed by atoms with van der Waals surface area (Å²) < 4.78 is 1.97. The molecule has 1 N–H and O–H groups in total. The van der Waals surface area contributed by atoms with Gasteiger partial charge in [0.2, 0.25) is 5.13 Å². The van der Waals surface area contributed by atoms with Crippen LogP contribution in [0.2, 0.25) is 0 Å². The van der Waals surface area contributed by atoms with Crippen LogP contribution < -0.4 is 5.32 Å². The van der Waals surface area contributed by atoms with Crippen molar-refractivity contribution in [1.82, 2.24) is 14.8 Å². The molecule has 0 aliphatic carbocycles. The van der Waals surface area contributed by atoms with Gasteiger partial charge in [0.15, 0.2) is 0 Å². The Balaban J connectivity index is 1.91. The highest BCUT2D eigenvalue weighted by atomic mass is 32.1. The largest absolute Gasteiger partial charge is 0.317 e. The molecule has 3 rings (SSSR count). The molecule has 2 aromatic heterocycles. The smallest absolute Gasteiger partial charge is 0.268 e. The van der Waals surface area contributed by atoms with E-state index in [1.807, 2.05) is 49.7 Å². The second-order valence-corrected chi connectivity index (χ2v) is 7.13. The van der Waals surface area contributed by atoms with Crippen molar-refractivity contribution >= 4 is 28.5 Å². The fourth-order valence-electron chi connectivity index (χ4n) is 2.62.